The van der Waals surface area contributed by atoms with Gasteiger partial charge in [0.15, 0.2) is 5.66 Å². The Morgan fingerprint density at radius 2 is 1.64 bits per heavy atom. The number of hydrogen-bond donors (Lipinski definition) is 1. The zero-order valence-electron chi connectivity index (χ0n) is 13.0. The van der Waals surface area contributed by atoms with Gasteiger partial charge in [0.05, 0.1) is 16.3 Å². The Kier molecular flexibility index (Phi) is 2.83. The molecule has 1 N–H and O–H groups in total. The molecule has 2 aliphatic heterocycles. The molecule has 2 aliphatic rings. The maximum Gasteiger partial charge on any atom is 0.267 e. The Labute approximate surface area is 150 Å². The molecule has 3 aromatic carbocycles. The third kappa shape index (κ3) is 1.74. The number of sulfonamides is 1. The van der Waals surface area contributed by atoms with Crippen molar-refractivity contribution in [3.8, 4) is 0 Å². The zero-order chi connectivity index (χ0) is 17.2. The summed E-state index contributed by atoms with van der Waals surface area (Å²) in [6.45, 7) is 0. The van der Waals surface area contributed by atoms with Gasteiger partial charge in [-0.05, 0) is 30.3 Å². The highest BCUT2D eigenvalue weighted by atomic mass is 35.5. The van der Waals surface area contributed by atoms with Gasteiger partial charge in [-0.25, -0.2) is 12.7 Å². The second kappa shape index (κ2) is 4.77. The lowest BCUT2D eigenvalue weighted by Gasteiger charge is -2.33. The highest BCUT2D eigenvalue weighted by molar-refractivity contribution is 7.93. The quantitative estimate of drug-likeness (QED) is 0.701. The summed E-state index contributed by atoms with van der Waals surface area (Å²) in [5, 5.41) is 3.96. The van der Waals surface area contributed by atoms with Gasteiger partial charge in [0.25, 0.3) is 10.0 Å². The minimum atomic E-state index is -3.71. The summed E-state index contributed by atoms with van der Waals surface area (Å²) in [6, 6.07) is 21.9. The number of hydrogen-bond acceptors (Lipinski definition) is 3. The minimum absolute atomic E-state index is 0.280. The van der Waals surface area contributed by atoms with E-state index in [1.165, 1.54) is 4.31 Å². The van der Waals surface area contributed by atoms with E-state index in [1.54, 1.807) is 18.2 Å². The first-order valence-electron chi connectivity index (χ1n) is 7.83. The second-order valence-corrected chi connectivity index (χ2v) is 8.32. The van der Waals surface area contributed by atoms with Crippen molar-refractivity contribution in [3.63, 3.8) is 0 Å². The maximum atomic E-state index is 13.4. The predicted octanol–water partition coefficient (Wildman–Crippen LogP) is 4.18. The fourth-order valence-electron chi connectivity index (χ4n) is 3.80. The van der Waals surface area contributed by atoms with Crippen LogP contribution in [0.15, 0.2) is 77.7 Å². The predicted molar refractivity (Wildman–Crippen MR) is 98.4 cm³/mol. The third-order valence-corrected chi connectivity index (χ3v) is 6.88. The maximum absolute atomic E-state index is 13.4. The highest BCUT2D eigenvalue weighted by Crippen LogP contribution is 2.57. The molecular formula is C19H13ClN2O2S. The lowest BCUT2D eigenvalue weighted by molar-refractivity contribution is 0.582. The lowest BCUT2D eigenvalue weighted by atomic mass is 9.91. The summed E-state index contributed by atoms with van der Waals surface area (Å²) in [7, 11) is -3.71. The Hall–Kier alpha value is -2.50. The summed E-state index contributed by atoms with van der Waals surface area (Å²) in [6.07, 6.45) is 0. The van der Waals surface area contributed by atoms with Gasteiger partial charge in [-0.15, -0.1) is 0 Å². The van der Waals surface area contributed by atoms with Crippen LogP contribution in [0.4, 0.5) is 11.4 Å². The SMILES string of the molecule is O=S1(=O)c2ccc(Cl)cc2C2(c3ccccc3)Nc3ccccc3N21. The standard InChI is InChI=1S/C19H13ClN2O2S/c20-14-10-11-18-15(12-14)19(13-6-2-1-3-7-13)21-16-8-4-5-9-17(16)22(19)25(18,23)24/h1-12,21H. The normalized spacial score (nSPS) is 22.0. The summed E-state index contributed by atoms with van der Waals surface area (Å²) in [5.41, 5.74) is 1.88. The fraction of sp³-hybridized carbons (Fsp3) is 0.0526. The van der Waals surface area contributed by atoms with Gasteiger partial charge in [0, 0.05) is 16.1 Å². The molecule has 5 rings (SSSR count). The van der Waals surface area contributed by atoms with Gasteiger partial charge in [0.2, 0.25) is 0 Å². The number of halogens is 1. The van der Waals surface area contributed by atoms with Crippen LogP contribution >= 0.6 is 11.6 Å². The van der Waals surface area contributed by atoms with Crippen LogP contribution < -0.4 is 9.62 Å². The highest BCUT2D eigenvalue weighted by Gasteiger charge is 2.59. The number of benzene rings is 3. The number of nitrogens with one attached hydrogen (secondary N) is 1. The summed E-state index contributed by atoms with van der Waals surface area (Å²) in [4.78, 5) is 0.280. The average Bonchev–Trinajstić information content (AvgIpc) is 3.07. The molecule has 0 spiro atoms. The Balaban J connectivity index is 1.93. The van der Waals surface area contributed by atoms with Crippen molar-refractivity contribution < 1.29 is 8.42 Å². The molecule has 6 heteroatoms. The number of anilines is 2. The van der Waals surface area contributed by atoms with Crippen molar-refractivity contribution in [3.05, 3.63) is 88.9 Å². The minimum Gasteiger partial charge on any atom is -0.353 e. The van der Waals surface area contributed by atoms with E-state index in [0.717, 1.165) is 11.3 Å². The van der Waals surface area contributed by atoms with Gasteiger partial charge in [-0.3, -0.25) is 0 Å². The van der Waals surface area contributed by atoms with E-state index in [-0.39, 0.29) is 4.90 Å². The van der Waals surface area contributed by atoms with Crippen LogP contribution in [0.5, 0.6) is 0 Å². The molecule has 0 radical (unpaired) electrons. The molecule has 0 bridgehead atoms. The smallest absolute Gasteiger partial charge is 0.267 e. The van der Waals surface area contributed by atoms with Crippen LogP contribution in [0.3, 0.4) is 0 Å². The molecule has 0 amide bonds. The number of fused-ring (bicyclic) bond motifs is 5. The zero-order valence-corrected chi connectivity index (χ0v) is 14.6. The largest absolute Gasteiger partial charge is 0.353 e. The van der Waals surface area contributed by atoms with E-state index >= 15 is 0 Å². The van der Waals surface area contributed by atoms with Crippen LogP contribution in [-0.2, 0) is 15.7 Å². The van der Waals surface area contributed by atoms with Crippen molar-refractivity contribution >= 4 is 33.0 Å². The Bertz CT molecular complexity index is 1120. The van der Waals surface area contributed by atoms with E-state index in [2.05, 4.69) is 5.32 Å². The molecule has 0 fully saturated rings. The molecule has 0 aromatic heterocycles. The van der Waals surface area contributed by atoms with Gasteiger partial charge in [-0.2, -0.15) is 0 Å². The van der Waals surface area contributed by atoms with Crippen LogP contribution in [0, 0.1) is 0 Å². The number of para-hydroxylation sites is 2. The summed E-state index contributed by atoms with van der Waals surface area (Å²) < 4.78 is 28.2. The molecule has 4 nitrogen and oxygen atoms in total. The van der Waals surface area contributed by atoms with Crippen molar-refractivity contribution in [1.29, 1.82) is 0 Å². The van der Waals surface area contributed by atoms with E-state index in [1.807, 2.05) is 54.6 Å². The van der Waals surface area contributed by atoms with Crippen molar-refractivity contribution in [1.82, 2.24) is 0 Å². The molecule has 1 unspecified atom stereocenters. The molecule has 1 atom stereocenters. The van der Waals surface area contributed by atoms with Crippen LogP contribution in [0.1, 0.15) is 11.1 Å². The van der Waals surface area contributed by atoms with Crippen molar-refractivity contribution in [2.75, 3.05) is 9.62 Å². The molecule has 2 heterocycles. The van der Waals surface area contributed by atoms with Gasteiger partial charge in [0.1, 0.15) is 0 Å². The molecular weight excluding hydrogens is 356 g/mol. The van der Waals surface area contributed by atoms with E-state index in [9.17, 15) is 8.42 Å². The fourth-order valence-corrected chi connectivity index (χ4v) is 5.92. The van der Waals surface area contributed by atoms with Crippen LogP contribution in [0.2, 0.25) is 5.02 Å². The molecule has 0 saturated carbocycles. The molecule has 3 aromatic rings. The van der Waals surface area contributed by atoms with E-state index < -0.39 is 15.7 Å². The second-order valence-electron chi connectivity index (χ2n) is 6.13. The molecule has 0 aliphatic carbocycles. The topological polar surface area (TPSA) is 49.4 Å². The average molecular weight is 369 g/mol. The van der Waals surface area contributed by atoms with Crippen LogP contribution in [-0.4, -0.2) is 8.42 Å². The van der Waals surface area contributed by atoms with Crippen molar-refractivity contribution in [2.24, 2.45) is 0 Å². The van der Waals surface area contributed by atoms with Crippen molar-refractivity contribution in [2.45, 2.75) is 10.6 Å². The Morgan fingerprint density at radius 1 is 0.920 bits per heavy atom. The van der Waals surface area contributed by atoms with Gasteiger partial charge >= 0.3 is 0 Å². The first kappa shape index (κ1) is 14.8. The Morgan fingerprint density at radius 3 is 2.44 bits per heavy atom. The van der Waals surface area contributed by atoms with Gasteiger partial charge < -0.3 is 5.32 Å². The monoisotopic (exact) mass is 368 g/mol. The molecule has 0 saturated heterocycles. The van der Waals surface area contributed by atoms with E-state index in [4.69, 9.17) is 11.6 Å². The number of rotatable bonds is 1. The third-order valence-electron chi connectivity index (χ3n) is 4.78. The first-order chi connectivity index (χ1) is 12.0. The van der Waals surface area contributed by atoms with Gasteiger partial charge in [-0.1, -0.05) is 54.1 Å². The number of nitrogens with zero attached hydrogens (tertiary/aromatic N) is 1. The lowest BCUT2D eigenvalue weighted by Crippen LogP contribution is -2.46. The first-order valence-corrected chi connectivity index (χ1v) is 9.65. The molecule has 25 heavy (non-hydrogen) atoms. The van der Waals surface area contributed by atoms with E-state index in [0.29, 0.717) is 16.3 Å². The molecule has 124 valence electrons. The van der Waals surface area contributed by atoms with Crippen LogP contribution in [0.25, 0.3) is 0 Å². The summed E-state index contributed by atoms with van der Waals surface area (Å²) >= 11 is 6.23. The summed E-state index contributed by atoms with van der Waals surface area (Å²) in [5.74, 6) is 0.